The van der Waals surface area contributed by atoms with Gasteiger partial charge in [-0.1, -0.05) is 75.6 Å². The first-order chi connectivity index (χ1) is 22.5. The number of carbonyl (C=O) groups excluding carboxylic acids is 5. The third kappa shape index (κ3) is 4.34. The minimum Gasteiger partial charge on any atom is -0.504 e. The molecule has 3 aromatic rings. The lowest BCUT2D eigenvalue weighted by atomic mass is 9.49. The maximum Gasteiger partial charge on any atom is 0.328 e. The molecule has 3 fully saturated rings. The molecular formula is C35H31BrN4O7. The largest absolute Gasteiger partial charge is 0.504 e. The molecule has 2 saturated heterocycles. The number of primary amides is 1. The summed E-state index contributed by atoms with van der Waals surface area (Å²) in [6, 6.07) is 18.3. The number of methoxy groups -OCH3 is 1. The molecule has 2 aliphatic carbocycles. The van der Waals surface area contributed by atoms with Crippen molar-refractivity contribution < 1.29 is 33.8 Å². The Balaban J connectivity index is 1.49. The van der Waals surface area contributed by atoms with Crippen molar-refractivity contribution in [3.63, 3.8) is 0 Å². The number of hydrogen-bond acceptors (Lipinski definition) is 8. The van der Waals surface area contributed by atoms with Crippen LogP contribution in [-0.4, -0.2) is 51.8 Å². The number of allylic oxidation sites excluding steroid dienone is 2. The van der Waals surface area contributed by atoms with E-state index in [1.54, 1.807) is 48.5 Å². The topological polar surface area (TPSA) is 159 Å². The van der Waals surface area contributed by atoms with Crippen molar-refractivity contribution in [2.75, 3.05) is 12.5 Å². The number of fused-ring (bicyclic) bond motifs is 4. The zero-order chi connectivity index (χ0) is 33.4. The molecule has 240 valence electrons. The SMILES string of the molecule is COc1cc(Br)cc([C@H]2C3=CC[C@@H]4C(=O)N(C(N)=O)C(=O)[C@@H]4[C@@H]3C[C@H]3C(=O)N(Nc4ccc(C)cc4)C(=O)[C@@]23c2ccccc2)c1O. The fraction of sp³-hybridized carbons (Fsp3) is 0.286. The van der Waals surface area contributed by atoms with Crippen LogP contribution in [0.3, 0.4) is 0 Å². The summed E-state index contributed by atoms with van der Waals surface area (Å²) in [5.74, 6) is -7.10. The molecule has 0 aromatic heterocycles. The Morgan fingerprint density at radius 1 is 1.00 bits per heavy atom. The van der Waals surface area contributed by atoms with Crippen LogP contribution in [0.15, 0.2) is 82.9 Å². The molecule has 2 heterocycles. The van der Waals surface area contributed by atoms with Gasteiger partial charge in [0, 0.05) is 16.0 Å². The predicted molar refractivity (Wildman–Crippen MR) is 173 cm³/mol. The monoisotopic (exact) mass is 698 g/mol. The van der Waals surface area contributed by atoms with Crippen molar-refractivity contribution in [3.05, 3.63) is 99.5 Å². The van der Waals surface area contributed by atoms with Crippen molar-refractivity contribution in [3.8, 4) is 11.5 Å². The number of hydrogen-bond donors (Lipinski definition) is 3. The minimum absolute atomic E-state index is 0.0343. The van der Waals surface area contributed by atoms with Gasteiger partial charge in [-0.2, -0.15) is 9.91 Å². The molecule has 2 aliphatic heterocycles. The van der Waals surface area contributed by atoms with Gasteiger partial charge >= 0.3 is 6.03 Å². The highest BCUT2D eigenvalue weighted by atomic mass is 79.9. The second-order valence-corrected chi connectivity index (χ2v) is 13.4. The van der Waals surface area contributed by atoms with Crippen LogP contribution < -0.4 is 15.9 Å². The Labute approximate surface area is 278 Å². The molecule has 4 aliphatic rings. The molecule has 1 saturated carbocycles. The van der Waals surface area contributed by atoms with Gasteiger partial charge in [0.05, 0.1) is 36.0 Å². The molecule has 6 atom stereocenters. The Morgan fingerprint density at radius 3 is 2.36 bits per heavy atom. The van der Waals surface area contributed by atoms with E-state index in [2.05, 4.69) is 21.4 Å². The van der Waals surface area contributed by atoms with Gasteiger partial charge < -0.3 is 15.6 Å². The first-order valence-corrected chi connectivity index (χ1v) is 16.0. The summed E-state index contributed by atoms with van der Waals surface area (Å²) >= 11 is 3.52. The number of nitrogens with two attached hydrogens (primary N) is 1. The van der Waals surface area contributed by atoms with Gasteiger partial charge in [0.15, 0.2) is 11.5 Å². The molecule has 0 spiro atoms. The number of rotatable bonds is 5. The Kier molecular flexibility index (Phi) is 7.23. The van der Waals surface area contributed by atoms with Crippen molar-refractivity contribution in [2.45, 2.75) is 31.1 Å². The van der Waals surface area contributed by atoms with E-state index in [4.69, 9.17) is 10.5 Å². The van der Waals surface area contributed by atoms with Crippen LogP contribution in [0.1, 0.15) is 35.4 Å². The molecule has 0 unspecified atom stereocenters. The third-order valence-corrected chi connectivity index (χ3v) is 10.7. The summed E-state index contributed by atoms with van der Waals surface area (Å²) in [6.45, 7) is 1.93. The van der Waals surface area contributed by atoms with Gasteiger partial charge in [-0.3, -0.25) is 24.6 Å². The molecule has 11 nitrogen and oxygen atoms in total. The number of nitrogens with zero attached hydrogens (tertiary/aromatic N) is 2. The summed E-state index contributed by atoms with van der Waals surface area (Å²) < 4.78 is 6.06. The summed E-state index contributed by atoms with van der Waals surface area (Å²) in [4.78, 5) is 69.5. The maximum atomic E-state index is 15.1. The summed E-state index contributed by atoms with van der Waals surface area (Å²) in [6.07, 6.45) is 1.97. The van der Waals surface area contributed by atoms with Gasteiger partial charge in [0.2, 0.25) is 11.8 Å². The fourth-order valence-corrected chi connectivity index (χ4v) is 8.73. The van der Waals surface area contributed by atoms with E-state index in [1.807, 2.05) is 31.2 Å². The van der Waals surface area contributed by atoms with E-state index in [0.717, 1.165) is 10.6 Å². The van der Waals surface area contributed by atoms with Crippen LogP contribution in [-0.2, 0) is 24.6 Å². The average Bonchev–Trinajstić information content (AvgIpc) is 3.44. The van der Waals surface area contributed by atoms with Crippen molar-refractivity contribution in [2.24, 2.45) is 29.4 Å². The number of anilines is 1. The van der Waals surface area contributed by atoms with E-state index < -0.39 is 64.7 Å². The van der Waals surface area contributed by atoms with Crippen LogP contribution in [0, 0.1) is 30.6 Å². The van der Waals surface area contributed by atoms with E-state index in [1.165, 1.54) is 7.11 Å². The number of phenols is 1. The lowest BCUT2D eigenvalue weighted by Crippen LogP contribution is -2.53. The second-order valence-electron chi connectivity index (χ2n) is 12.5. The number of imide groups is 4. The highest BCUT2D eigenvalue weighted by Gasteiger charge is 2.71. The number of urea groups is 1. The van der Waals surface area contributed by atoms with Gasteiger partial charge in [0.25, 0.3) is 11.8 Å². The smallest absolute Gasteiger partial charge is 0.328 e. The number of amides is 6. The lowest BCUT2D eigenvalue weighted by molar-refractivity contribution is -0.139. The molecule has 47 heavy (non-hydrogen) atoms. The van der Waals surface area contributed by atoms with Gasteiger partial charge in [-0.15, -0.1) is 0 Å². The Morgan fingerprint density at radius 2 is 1.70 bits per heavy atom. The number of halogens is 1. The number of carbonyl (C=O) groups is 5. The van der Waals surface area contributed by atoms with E-state index in [9.17, 15) is 24.3 Å². The van der Waals surface area contributed by atoms with Crippen LogP contribution in [0.4, 0.5) is 10.5 Å². The van der Waals surface area contributed by atoms with Crippen LogP contribution >= 0.6 is 15.9 Å². The zero-order valence-electron chi connectivity index (χ0n) is 25.5. The number of ether oxygens (including phenoxy) is 1. The quantitative estimate of drug-likeness (QED) is 0.259. The molecular weight excluding hydrogens is 668 g/mol. The van der Waals surface area contributed by atoms with E-state index >= 15 is 4.79 Å². The van der Waals surface area contributed by atoms with Crippen molar-refractivity contribution in [1.29, 1.82) is 0 Å². The first kappa shape index (κ1) is 30.7. The molecule has 3 aromatic carbocycles. The van der Waals surface area contributed by atoms with Crippen molar-refractivity contribution >= 4 is 51.3 Å². The second kappa shape index (κ2) is 11.1. The first-order valence-electron chi connectivity index (χ1n) is 15.2. The molecule has 0 bridgehead atoms. The zero-order valence-corrected chi connectivity index (χ0v) is 27.1. The highest BCUT2D eigenvalue weighted by Crippen LogP contribution is 2.65. The number of aromatic hydroxyl groups is 1. The highest BCUT2D eigenvalue weighted by molar-refractivity contribution is 9.10. The number of likely N-dealkylation sites (tertiary alicyclic amines) is 1. The minimum atomic E-state index is -1.58. The average molecular weight is 700 g/mol. The number of nitrogens with one attached hydrogen (secondary N) is 1. The molecule has 0 radical (unpaired) electrons. The number of hydrazine groups is 1. The van der Waals surface area contributed by atoms with Gasteiger partial charge in [-0.25, -0.2) is 4.79 Å². The molecule has 7 rings (SSSR count). The maximum absolute atomic E-state index is 15.1. The predicted octanol–water partition coefficient (Wildman–Crippen LogP) is 4.54. The summed E-state index contributed by atoms with van der Waals surface area (Å²) in [7, 11) is 1.41. The standard InChI is InChI=1S/C35H31BrN4O7/c1-17-8-10-20(11-9-17)38-40-31(43)25-16-23-21(12-13-22-27(23)32(44)39(30(22)42)34(37)46)28(24-14-19(36)15-26(47-2)29(24)41)35(25,33(40)45)18-6-4-3-5-7-18/h3-12,14-15,22-23,25,27-28,38,41H,13,16H2,1-2H3,(H2,37,46)/t22-,23+,25-,27-,28+,35+/m0/s1. The van der Waals surface area contributed by atoms with E-state index in [-0.39, 0.29) is 24.3 Å². The Hall–Kier alpha value is -4.97. The fourth-order valence-electron chi connectivity index (χ4n) is 8.28. The van der Waals surface area contributed by atoms with Crippen LogP contribution in [0.25, 0.3) is 0 Å². The number of phenolic OH excluding ortho intramolecular Hbond substituents is 1. The summed E-state index contributed by atoms with van der Waals surface area (Å²) in [5.41, 5.74) is 9.92. The third-order valence-electron chi connectivity index (χ3n) is 10.2. The van der Waals surface area contributed by atoms with E-state index in [0.29, 0.717) is 31.8 Å². The molecule has 4 N–H and O–H groups in total. The van der Waals surface area contributed by atoms with Crippen molar-refractivity contribution in [1.82, 2.24) is 9.91 Å². The molecule has 12 heteroatoms. The lowest BCUT2D eigenvalue weighted by Gasteiger charge is -2.50. The summed E-state index contributed by atoms with van der Waals surface area (Å²) in [5, 5.41) is 12.8. The number of benzene rings is 3. The molecule has 6 amide bonds. The Bertz CT molecular complexity index is 1900. The van der Waals surface area contributed by atoms with Gasteiger partial charge in [-0.05, 0) is 55.5 Å². The van der Waals surface area contributed by atoms with Crippen LogP contribution in [0.5, 0.6) is 11.5 Å². The normalized spacial score (nSPS) is 28.1. The van der Waals surface area contributed by atoms with Gasteiger partial charge in [0.1, 0.15) is 0 Å². The van der Waals surface area contributed by atoms with Crippen LogP contribution in [0.2, 0.25) is 0 Å². The number of aryl methyl sites for hydroxylation is 1.